The fraction of sp³-hybridized carbons (Fsp3) is 0.391. The Morgan fingerprint density at radius 3 is 2.59 bits per heavy atom. The van der Waals surface area contributed by atoms with Gasteiger partial charge in [-0.2, -0.15) is 0 Å². The Hall–Kier alpha value is -2.44. The Bertz CT molecular complexity index is 903. The number of aryl methyl sites for hydroxylation is 2. The van der Waals surface area contributed by atoms with Gasteiger partial charge in [0.2, 0.25) is 0 Å². The van der Waals surface area contributed by atoms with E-state index in [4.69, 9.17) is 4.74 Å². The maximum atomic E-state index is 13.1. The minimum absolute atomic E-state index is 0.237. The van der Waals surface area contributed by atoms with Crippen LogP contribution in [-0.2, 0) is 14.3 Å². The van der Waals surface area contributed by atoms with Crippen molar-refractivity contribution in [3.05, 3.63) is 57.4 Å². The van der Waals surface area contributed by atoms with E-state index in [-0.39, 0.29) is 11.8 Å². The van der Waals surface area contributed by atoms with Crippen molar-refractivity contribution in [3.8, 4) is 0 Å². The third-order valence-electron chi connectivity index (χ3n) is 4.90. The number of hydrogen-bond donors (Lipinski definition) is 1. The lowest BCUT2D eigenvalue weighted by Gasteiger charge is -2.16. The van der Waals surface area contributed by atoms with Crippen molar-refractivity contribution in [1.82, 2.24) is 4.90 Å². The predicted octanol–water partition coefficient (Wildman–Crippen LogP) is 4.76. The van der Waals surface area contributed by atoms with Crippen LogP contribution in [0.4, 0.5) is 5.69 Å². The maximum absolute atomic E-state index is 13.1. The molecule has 0 atom stereocenters. The van der Waals surface area contributed by atoms with Crippen molar-refractivity contribution in [2.45, 2.75) is 40.0 Å². The first kappa shape index (κ1) is 21.3. The van der Waals surface area contributed by atoms with Gasteiger partial charge in [0, 0.05) is 30.3 Å². The Kier molecular flexibility index (Phi) is 7.23. The molecule has 1 aliphatic rings. The minimum atomic E-state index is -0.270. The summed E-state index contributed by atoms with van der Waals surface area (Å²) < 4.78 is 5.58. The Labute approximate surface area is 176 Å². The largest absolute Gasteiger partial charge is 0.381 e. The normalized spacial score (nSPS) is 14.2. The monoisotopic (exact) mass is 412 g/mol. The van der Waals surface area contributed by atoms with Gasteiger partial charge in [-0.05, 0) is 55.3 Å². The van der Waals surface area contributed by atoms with Gasteiger partial charge in [-0.15, -0.1) is 11.3 Å². The van der Waals surface area contributed by atoms with Crippen LogP contribution in [0.1, 0.15) is 42.2 Å². The number of unbranched alkanes of at least 4 members (excludes halogenated alkanes) is 1. The number of rotatable bonds is 10. The van der Waals surface area contributed by atoms with E-state index >= 15 is 0 Å². The Balaban J connectivity index is 1.80. The van der Waals surface area contributed by atoms with Gasteiger partial charge in [0.15, 0.2) is 0 Å². The lowest BCUT2D eigenvalue weighted by atomic mass is 10.1. The molecule has 0 saturated carbocycles. The number of carbonyl (C=O) groups is 2. The van der Waals surface area contributed by atoms with Gasteiger partial charge in [-0.1, -0.05) is 31.5 Å². The average molecular weight is 413 g/mol. The van der Waals surface area contributed by atoms with Crippen LogP contribution in [-0.4, -0.2) is 36.5 Å². The van der Waals surface area contributed by atoms with Crippen LogP contribution < -0.4 is 5.32 Å². The van der Waals surface area contributed by atoms with Gasteiger partial charge in [-0.25, -0.2) is 0 Å². The average Bonchev–Trinajstić information content (AvgIpc) is 3.30. The molecular formula is C23H28N2O3S. The molecule has 1 aromatic carbocycles. The summed E-state index contributed by atoms with van der Waals surface area (Å²) in [6.07, 6.45) is 2.75. The van der Waals surface area contributed by atoms with E-state index in [2.05, 4.69) is 12.2 Å². The number of hydrogen-bond acceptors (Lipinski definition) is 5. The number of imide groups is 1. The topological polar surface area (TPSA) is 58.6 Å². The third-order valence-corrected chi connectivity index (χ3v) is 5.79. The number of anilines is 1. The second-order valence-electron chi connectivity index (χ2n) is 7.25. The van der Waals surface area contributed by atoms with Gasteiger partial charge in [0.05, 0.1) is 5.57 Å². The summed E-state index contributed by atoms with van der Waals surface area (Å²) in [6.45, 7) is 7.73. The van der Waals surface area contributed by atoms with E-state index in [0.717, 1.165) is 41.1 Å². The van der Waals surface area contributed by atoms with Gasteiger partial charge in [0.1, 0.15) is 5.70 Å². The van der Waals surface area contributed by atoms with Gasteiger partial charge in [0.25, 0.3) is 11.8 Å². The van der Waals surface area contributed by atoms with Crippen molar-refractivity contribution < 1.29 is 14.3 Å². The van der Waals surface area contributed by atoms with Gasteiger partial charge >= 0.3 is 0 Å². The fourth-order valence-electron chi connectivity index (χ4n) is 3.22. The van der Waals surface area contributed by atoms with E-state index in [1.54, 1.807) is 0 Å². The number of nitrogens with zero attached hydrogens (tertiary/aromatic N) is 1. The van der Waals surface area contributed by atoms with Crippen molar-refractivity contribution in [1.29, 1.82) is 0 Å². The van der Waals surface area contributed by atoms with E-state index in [0.29, 0.717) is 30.8 Å². The molecule has 2 heterocycles. The molecule has 0 unspecified atom stereocenters. The van der Waals surface area contributed by atoms with Crippen LogP contribution >= 0.6 is 11.3 Å². The first-order valence-electron chi connectivity index (χ1n) is 10.1. The number of ether oxygens (including phenoxy) is 1. The molecule has 29 heavy (non-hydrogen) atoms. The highest BCUT2D eigenvalue weighted by Gasteiger charge is 2.39. The number of amides is 2. The molecule has 0 bridgehead atoms. The molecule has 154 valence electrons. The first-order chi connectivity index (χ1) is 14.0. The van der Waals surface area contributed by atoms with Gasteiger partial charge in [-0.3, -0.25) is 14.5 Å². The van der Waals surface area contributed by atoms with E-state index in [9.17, 15) is 9.59 Å². The predicted molar refractivity (Wildman–Crippen MR) is 118 cm³/mol. The zero-order chi connectivity index (χ0) is 20.8. The summed E-state index contributed by atoms with van der Waals surface area (Å²) in [5.74, 6) is -0.508. The SMILES string of the molecule is CCCCOCCCN1C(=O)C(Nc2cc(C)ccc2C)=C(c2cccs2)C1=O. The molecule has 0 spiro atoms. The fourth-order valence-corrected chi connectivity index (χ4v) is 3.99. The quantitative estimate of drug-likeness (QED) is 0.451. The second kappa shape index (κ2) is 9.85. The summed E-state index contributed by atoms with van der Waals surface area (Å²) in [5, 5.41) is 5.18. The number of thiophene rings is 1. The highest BCUT2D eigenvalue weighted by Crippen LogP contribution is 2.33. The molecule has 0 radical (unpaired) electrons. The molecule has 1 N–H and O–H groups in total. The molecule has 0 aliphatic carbocycles. The zero-order valence-corrected chi connectivity index (χ0v) is 18.1. The lowest BCUT2D eigenvalue weighted by Crippen LogP contribution is -2.34. The van der Waals surface area contributed by atoms with Crippen LogP contribution in [0.2, 0.25) is 0 Å². The van der Waals surface area contributed by atoms with Crippen LogP contribution in [0.3, 0.4) is 0 Å². The first-order valence-corrected chi connectivity index (χ1v) is 11.0. The molecule has 2 aromatic rings. The standard InChI is InChI=1S/C23H28N2O3S/c1-4-5-12-28-13-7-11-25-22(26)20(19-8-6-14-29-19)21(23(25)27)24-18-15-16(2)9-10-17(18)3/h6,8-10,14-15,24H,4-5,7,11-13H2,1-3H3. The Morgan fingerprint density at radius 1 is 1.07 bits per heavy atom. The van der Waals surface area contributed by atoms with E-state index in [1.165, 1.54) is 16.2 Å². The molecule has 0 saturated heterocycles. The van der Waals surface area contributed by atoms with Crippen molar-refractivity contribution in [3.63, 3.8) is 0 Å². The molecular weight excluding hydrogens is 384 g/mol. The maximum Gasteiger partial charge on any atom is 0.278 e. The summed E-state index contributed by atoms with van der Waals surface area (Å²) in [5.41, 5.74) is 3.78. The number of carbonyl (C=O) groups excluding carboxylic acids is 2. The summed E-state index contributed by atoms with van der Waals surface area (Å²) in [7, 11) is 0. The minimum Gasteiger partial charge on any atom is -0.381 e. The molecule has 2 amide bonds. The van der Waals surface area contributed by atoms with Crippen LogP contribution in [0.5, 0.6) is 0 Å². The zero-order valence-electron chi connectivity index (χ0n) is 17.3. The highest BCUT2D eigenvalue weighted by atomic mass is 32.1. The lowest BCUT2D eigenvalue weighted by molar-refractivity contribution is -0.137. The highest BCUT2D eigenvalue weighted by molar-refractivity contribution is 7.11. The van der Waals surface area contributed by atoms with Crippen LogP contribution in [0.15, 0.2) is 41.4 Å². The number of nitrogens with one attached hydrogen (secondary N) is 1. The summed E-state index contributed by atoms with van der Waals surface area (Å²) in [6, 6.07) is 9.81. The molecule has 1 aliphatic heterocycles. The van der Waals surface area contributed by atoms with Gasteiger partial charge < -0.3 is 10.1 Å². The molecule has 1 aromatic heterocycles. The van der Waals surface area contributed by atoms with Crippen LogP contribution in [0.25, 0.3) is 5.57 Å². The summed E-state index contributed by atoms with van der Waals surface area (Å²) in [4.78, 5) is 28.4. The van der Waals surface area contributed by atoms with E-state index < -0.39 is 0 Å². The Morgan fingerprint density at radius 2 is 1.86 bits per heavy atom. The summed E-state index contributed by atoms with van der Waals surface area (Å²) >= 11 is 1.46. The third kappa shape index (κ3) is 4.95. The molecule has 5 nitrogen and oxygen atoms in total. The molecule has 0 fully saturated rings. The second-order valence-corrected chi connectivity index (χ2v) is 8.20. The molecule has 3 rings (SSSR count). The van der Waals surface area contributed by atoms with Crippen molar-refractivity contribution >= 4 is 34.4 Å². The number of benzene rings is 1. The smallest absolute Gasteiger partial charge is 0.278 e. The van der Waals surface area contributed by atoms with Crippen molar-refractivity contribution in [2.24, 2.45) is 0 Å². The van der Waals surface area contributed by atoms with Crippen LogP contribution in [0, 0.1) is 13.8 Å². The molecule has 6 heteroatoms. The van der Waals surface area contributed by atoms with Crippen molar-refractivity contribution in [2.75, 3.05) is 25.1 Å². The van der Waals surface area contributed by atoms with E-state index in [1.807, 2.05) is 49.6 Å².